The first-order valence-corrected chi connectivity index (χ1v) is 5.42. The van der Waals surface area contributed by atoms with E-state index in [9.17, 15) is 4.79 Å². The van der Waals surface area contributed by atoms with Crippen molar-refractivity contribution in [1.29, 1.82) is 0 Å². The third-order valence-electron chi connectivity index (χ3n) is 3.45. The van der Waals surface area contributed by atoms with Gasteiger partial charge in [-0.1, -0.05) is 20.8 Å². The van der Waals surface area contributed by atoms with Crippen molar-refractivity contribution in [3.05, 3.63) is 0 Å². The van der Waals surface area contributed by atoms with E-state index in [0.717, 1.165) is 0 Å². The molecule has 1 aliphatic carbocycles. The molecule has 0 saturated heterocycles. The molecule has 3 unspecified atom stereocenters. The Morgan fingerprint density at radius 2 is 2.00 bits per heavy atom. The molecule has 2 N–H and O–H groups in total. The topological polar surface area (TPSA) is 50.4 Å². The molecule has 0 aromatic carbocycles. The van der Waals surface area contributed by atoms with Gasteiger partial charge in [0.25, 0.3) is 0 Å². The minimum atomic E-state index is 0. The van der Waals surface area contributed by atoms with Gasteiger partial charge in [0.1, 0.15) is 0 Å². The van der Waals surface area contributed by atoms with Gasteiger partial charge in [0.2, 0.25) is 5.91 Å². The van der Waals surface area contributed by atoms with E-state index in [0.29, 0.717) is 12.5 Å². The minimum Gasteiger partial charge on any atom is -0.380 e. The molecule has 1 fully saturated rings. The third kappa shape index (κ3) is 2.67. The molecular formula is C11H23ClN2O2. The highest BCUT2D eigenvalue weighted by Crippen LogP contribution is 2.46. The molecule has 0 heterocycles. The van der Waals surface area contributed by atoms with Crippen molar-refractivity contribution < 1.29 is 9.53 Å². The molecule has 0 bridgehead atoms. The lowest BCUT2D eigenvalue weighted by molar-refractivity contribution is -0.154. The summed E-state index contributed by atoms with van der Waals surface area (Å²) in [5.74, 6) is 0.433. The van der Waals surface area contributed by atoms with Gasteiger partial charge >= 0.3 is 0 Å². The summed E-state index contributed by atoms with van der Waals surface area (Å²) in [5, 5.41) is 5.89. The van der Waals surface area contributed by atoms with Gasteiger partial charge in [-0.15, -0.1) is 12.4 Å². The summed E-state index contributed by atoms with van der Waals surface area (Å²) in [7, 11) is 3.50. The highest BCUT2D eigenvalue weighted by atomic mass is 35.5. The van der Waals surface area contributed by atoms with Crippen molar-refractivity contribution in [2.24, 2.45) is 11.3 Å². The van der Waals surface area contributed by atoms with Crippen LogP contribution in [0.3, 0.4) is 0 Å². The molecule has 5 heteroatoms. The monoisotopic (exact) mass is 250 g/mol. The number of carbonyl (C=O) groups is 1. The summed E-state index contributed by atoms with van der Waals surface area (Å²) < 4.78 is 5.42. The van der Waals surface area contributed by atoms with Crippen LogP contribution in [0.25, 0.3) is 0 Å². The van der Waals surface area contributed by atoms with Crippen LogP contribution in [0.4, 0.5) is 0 Å². The van der Waals surface area contributed by atoms with E-state index >= 15 is 0 Å². The van der Waals surface area contributed by atoms with E-state index in [4.69, 9.17) is 4.74 Å². The fourth-order valence-corrected chi connectivity index (χ4v) is 2.81. The number of likely N-dealkylation sites (N-methyl/N-ethyl adjacent to an activating group) is 1. The Hall–Kier alpha value is -0.320. The lowest BCUT2D eigenvalue weighted by Crippen LogP contribution is -2.68. The summed E-state index contributed by atoms with van der Waals surface area (Å²) in [5.41, 5.74) is 0.0254. The molecule has 0 aromatic heterocycles. The number of ether oxygens (including phenoxy) is 1. The molecule has 1 aliphatic rings. The summed E-state index contributed by atoms with van der Waals surface area (Å²) in [6.45, 7) is 6.75. The average Bonchev–Trinajstić information content (AvgIpc) is 2.15. The molecule has 1 saturated carbocycles. The molecule has 16 heavy (non-hydrogen) atoms. The predicted molar refractivity (Wildman–Crippen MR) is 66.8 cm³/mol. The SMILES string of the molecule is CNCC(=O)NC1C(C)C(OC)C1(C)C.Cl. The molecule has 1 amide bonds. The zero-order chi connectivity index (χ0) is 11.6. The molecule has 0 aromatic rings. The van der Waals surface area contributed by atoms with Gasteiger partial charge < -0.3 is 15.4 Å². The summed E-state index contributed by atoms with van der Waals surface area (Å²) >= 11 is 0. The van der Waals surface area contributed by atoms with Crippen LogP contribution in [0.5, 0.6) is 0 Å². The Labute approximate surface area is 104 Å². The maximum atomic E-state index is 11.5. The van der Waals surface area contributed by atoms with Crippen LogP contribution >= 0.6 is 12.4 Å². The Balaban J connectivity index is 0.00000225. The first kappa shape index (κ1) is 15.7. The number of hydrogen-bond donors (Lipinski definition) is 2. The molecule has 0 aliphatic heterocycles. The number of hydrogen-bond acceptors (Lipinski definition) is 3. The lowest BCUT2D eigenvalue weighted by Gasteiger charge is -2.56. The van der Waals surface area contributed by atoms with Crippen LogP contribution in [0.15, 0.2) is 0 Å². The number of carbonyl (C=O) groups excluding carboxylic acids is 1. The first-order chi connectivity index (χ1) is 6.95. The van der Waals surface area contributed by atoms with Gasteiger partial charge in [0, 0.05) is 24.5 Å². The number of nitrogens with one attached hydrogen (secondary N) is 2. The molecule has 3 atom stereocenters. The zero-order valence-electron chi connectivity index (χ0n) is 10.7. The Kier molecular flexibility index (Phi) is 5.73. The largest absolute Gasteiger partial charge is 0.380 e. The zero-order valence-corrected chi connectivity index (χ0v) is 11.5. The first-order valence-electron chi connectivity index (χ1n) is 5.42. The van der Waals surface area contributed by atoms with Crippen LogP contribution < -0.4 is 10.6 Å². The normalized spacial score (nSPS) is 31.2. The summed E-state index contributed by atoms with van der Waals surface area (Å²) in [6, 6.07) is 0.211. The van der Waals surface area contributed by atoms with Crippen LogP contribution in [-0.4, -0.2) is 38.8 Å². The second-order valence-electron chi connectivity index (χ2n) is 4.91. The van der Waals surface area contributed by atoms with Gasteiger partial charge in [-0.05, 0) is 7.05 Å². The van der Waals surface area contributed by atoms with Crippen LogP contribution in [-0.2, 0) is 9.53 Å². The summed E-state index contributed by atoms with van der Waals surface area (Å²) in [6.07, 6.45) is 0.234. The maximum absolute atomic E-state index is 11.5. The van der Waals surface area contributed by atoms with E-state index in [2.05, 4.69) is 31.4 Å². The highest BCUT2D eigenvalue weighted by molar-refractivity contribution is 5.85. The van der Waals surface area contributed by atoms with Gasteiger partial charge in [-0.25, -0.2) is 0 Å². The molecule has 0 spiro atoms. The molecule has 1 rings (SSSR count). The lowest BCUT2D eigenvalue weighted by atomic mass is 9.58. The number of methoxy groups -OCH3 is 1. The standard InChI is InChI=1S/C11H22N2O2.ClH/c1-7-9(13-8(14)6-12-4)11(2,3)10(7)15-5;/h7,9-10,12H,6H2,1-5H3,(H,13,14);1H. The van der Waals surface area contributed by atoms with Gasteiger partial charge in [0.05, 0.1) is 12.6 Å². The van der Waals surface area contributed by atoms with E-state index in [1.54, 1.807) is 14.2 Å². The van der Waals surface area contributed by atoms with E-state index < -0.39 is 0 Å². The smallest absolute Gasteiger partial charge is 0.234 e. The fourth-order valence-electron chi connectivity index (χ4n) is 2.81. The predicted octanol–water partition coefficient (Wildman–Crippen LogP) is 0.803. The summed E-state index contributed by atoms with van der Waals surface area (Å²) in [4.78, 5) is 11.5. The molecule has 96 valence electrons. The molecule has 4 nitrogen and oxygen atoms in total. The number of rotatable bonds is 4. The highest BCUT2D eigenvalue weighted by Gasteiger charge is 2.55. The third-order valence-corrected chi connectivity index (χ3v) is 3.45. The second kappa shape index (κ2) is 5.84. The van der Waals surface area contributed by atoms with Gasteiger partial charge in [0.15, 0.2) is 0 Å². The Bertz CT molecular complexity index is 246. The van der Waals surface area contributed by atoms with Crippen molar-refractivity contribution in [2.45, 2.75) is 32.9 Å². The number of amides is 1. The second-order valence-corrected chi connectivity index (χ2v) is 4.91. The fraction of sp³-hybridized carbons (Fsp3) is 0.909. The maximum Gasteiger partial charge on any atom is 0.234 e. The van der Waals surface area contributed by atoms with Crippen LogP contribution in [0.2, 0.25) is 0 Å². The molecular weight excluding hydrogens is 228 g/mol. The minimum absolute atomic E-state index is 0. The van der Waals surface area contributed by atoms with E-state index in [1.807, 2.05) is 0 Å². The van der Waals surface area contributed by atoms with Crippen molar-refractivity contribution in [3.8, 4) is 0 Å². The quantitative estimate of drug-likeness (QED) is 0.776. The Morgan fingerprint density at radius 3 is 2.38 bits per heavy atom. The number of halogens is 1. The van der Waals surface area contributed by atoms with Gasteiger partial charge in [-0.3, -0.25) is 4.79 Å². The average molecular weight is 251 g/mol. The van der Waals surface area contributed by atoms with Crippen molar-refractivity contribution in [2.75, 3.05) is 20.7 Å². The van der Waals surface area contributed by atoms with Crippen molar-refractivity contribution in [1.82, 2.24) is 10.6 Å². The van der Waals surface area contributed by atoms with Crippen molar-refractivity contribution in [3.63, 3.8) is 0 Å². The Morgan fingerprint density at radius 1 is 1.44 bits per heavy atom. The van der Waals surface area contributed by atoms with Crippen molar-refractivity contribution >= 4 is 18.3 Å². The van der Waals surface area contributed by atoms with Crippen LogP contribution in [0.1, 0.15) is 20.8 Å². The van der Waals surface area contributed by atoms with E-state index in [1.165, 1.54) is 0 Å². The molecule has 0 radical (unpaired) electrons. The van der Waals surface area contributed by atoms with Gasteiger partial charge in [-0.2, -0.15) is 0 Å². The van der Waals surface area contributed by atoms with E-state index in [-0.39, 0.29) is 35.9 Å². The van der Waals surface area contributed by atoms with Crippen LogP contribution in [0, 0.1) is 11.3 Å².